The van der Waals surface area contributed by atoms with Gasteiger partial charge in [0.2, 0.25) is 0 Å². The summed E-state index contributed by atoms with van der Waals surface area (Å²) in [5.74, 6) is -0.263. The van der Waals surface area contributed by atoms with Gasteiger partial charge in [0, 0.05) is 4.47 Å². The Labute approximate surface area is 130 Å². The molecule has 0 saturated heterocycles. The third-order valence-electron chi connectivity index (χ3n) is 2.74. The smallest absolute Gasteiger partial charge is 0.252 e. The first-order valence-electron chi connectivity index (χ1n) is 6.28. The van der Waals surface area contributed by atoms with Crippen molar-refractivity contribution in [3.05, 3.63) is 58.3 Å². The minimum absolute atomic E-state index is 0.245. The van der Waals surface area contributed by atoms with E-state index < -0.39 is 5.82 Å². The first kappa shape index (κ1) is 15.3. The maximum absolute atomic E-state index is 13.1. The zero-order chi connectivity index (χ0) is 15.2. The fourth-order valence-corrected chi connectivity index (χ4v) is 2.13. The van der Waals surface area contributed by atoms with Crippen molar-refractivity contribution >= 4 is 27.5 Å². The Balaban J connectivity index is 1.85. The Kier molecular flexibility index (Phi) is 5.16. The summed E-state index contributed by atoms with van der Waals surface area (Å²) in [6.45, 7) is 0.559. The van der Waals surface area contributed by atoms with Gasteiger partial charge in [-0.2, -0.15) is 0 Å². The molecule has 0 unspecified atom stereocenters. The molecule has 0 aliphatic carbocycles. The molecule has 2 rings (SSSR count). The molecule has 110 valence electrons. The van der Waals surface area contributed by atoms with E-state index in [1.54, 1.807) is 12.1 Å². The lowest BCUT2D eigenvalue weighted by Crippen LogP contribution is -2.28. The van der Waals surface area contributed by atoms with E-state index in [9.17, 15) is 9.18 Å². The molecule has 0 aromatic heterocycles. The molecule has 0 spiro atoms. The van der Waals surface area contributed by atoms with Crippen molar-refractivity contribution in [1.29, 1.82) is 0 Å². The number of ether oxygens (including phenoxy) is 1. The Morgan fingerprint density at radius 1 is 1.29 bits per heavy atom. The summed E-state index contributed by atoms with van der Waals surface area (Å²) in [5.41, 5.74) is 6.51. The Hall–Kier alpha value is -2.08. The highest BCUT2D eigenvalue weighted by Crippen LogP contribution is 2.19. The molecule has 0 aliphatic heterocycles. The third-order valence-corrected chi connectivity index (χ3v) is 3.43. The van der Waals surface area contributed by atoms with Crippen LogP contribution >= 0.6 is 15.9 Å². The summed E-state index contributed by atoms with van der Waals surface area (Å²) in [5, 5.41) is 2.66. The predicted molar refractivity (Wildman–Crippen MR) is 82.8 cm³/mol. The molecule has 0 fully saturated rings. The number of para-hydroxylation sites is 2. The number of benzene rings is 2. The number of anilines is 1. The molecule has 2 aromatic carbocycles. The Morgan fingerprint density at radius 2 is 2.05 bits per heavy atom. The number of nitrogens with two attached hydrogens (primary N) is 1. The highest BCUT2D eigenvalue weighted by molar-refractivity contribution is 9.10. The quantitative estimate of drug-likeness (QED) is 0.642. The van der Waals surface area contributed by atoms with Crippen molar-refractivity contribution in [2.45, 2.75) is 0 Å². The van der Waals surface area contributed by atoms with Gasteiger partial charge in [-0.15, -0.1) is 0 Å². The molecule has 6 heteroatoms. The van der Waals surface area contributed by atoms with E-state index in [-0.39, 0.29) is 24.6 Å². The van der Waals surface area contributed by atoms with Gasteiger partial charge in [-0.1, -0.05) is 12.1 Å². The van der Waals surface area contributed by atoms with Crippen LogP contribution < -0.4 is 15.8 Å². The highest BCUT2D eigenvalue weighted by atomic mass is 79.9. The number of carbonyl (C=O) groups excluding carboxylic acids is 1. The van der Waals surface area contributed by atoms with Crippen molar-refractivity contribution < 1.29 is 13.9 Å². The van der Waals surface area contributed by atoms with Gasteiger partial charge in [-0.05, 0) is 46.3 Å². The fourth-order valence-electron chi connectivity index (χ4n) is 1.70. The van der Waals surface area contributed by atoms with Gasteiger partial charge in [-0.25, -0.2) is 4.39 Å². The van der Waals surface area contributed by atoms with Crippen LogP contribution in [0.5, 0.6) is 5.75 Å². The molecular formula is C15H14BrFN2O2. The van der Waals surface area contributed by atoms with Gasteiger partial charge in [-0.3, -0.25) is 4.79 Å². The van der Waals surface area contributed by atoms with Crippen molar-refractivity contribution in [3.8, 4) is 5.75 Å². The summed E-state index contributed by atoms with van der Waals surface area (Å²) in [6, 6.07) is 11.1. The van der Waals surface area contributed by atoms with Crippen LogP contribution in [0.3, 0.4) is 0 Å². The SMILES string of the molecule is Nc1ccccc1OCCNC(=O)c1cc(F)ccc1Br. The van der Waals surface area contributed by atoms with E-state index >= 15 is 0 Å². The maximum atomic E-state index is 13.1. The van der Waals surface area contributed by atoms with Crippen molar-refractivity contribution in [3.63, 3.8) is 0 Å². The summed E-state index contributed by atoms with van der Waals surface area (Å²) in [6.07, 6.45) is 0. The third kappa shape index (κ3) is 4.19. The van der Waals surface area contributed by atoms with Crippen LogP contribution in [-0.2, 0) is 0 Å². The number of hydrogen-bond donors (Lipinski definition) is 2. The van der Waals surface area contributed by atoms with Crippen LogP contribution in [0.1, 0.15) is 10.4 Å². The maximum Gasteiger partial charge on any atom is 0.252 e. The standard InChI is InChI=1S/C15H14BrFN2O2/c16-12-6-5-10(17)9-11(12)15(20)19-7-8-21-14-4-2-1-3-13(14)18/h1-6,9H,7-8,18H2,(H,19,20). The molecule has 2 aromatic rings. The molecule has 3 N–H and O–H groups in total. The Morgan fingerprint density at radius 3 is 2.81 bits per heavy atom. The first-order chi connectivity index (χ1) is 10.1. The average molecular weight is 353 g/mol. The van der Waals surface area contributed by atoms with E-state index in [0.29, 0.717) is 15.9 Å². The minimum Gasteiger partial charge on any atom is -0.490 e. The lowest BCUT2D eigenvalue weighted by atomic mass is 10.2. The summed E-state index contributed by atoms with van der Waals surface area (Å²) in [4.78, 5) is 11.9. The average Bonchev–Trinajstić information content (AvgIpc) is 2.47. The Bertz CT molecular complexity index is 649. The van der Waals surface area contributed by atoms with Gasteiger partial charge < -0.3 is 15.8 Å². The topological polar surface area (TPSA) is 64.3 Å². The number of nitrogen functional groups attached to an aromatic ring is 1. The second-order valence-electron chi connectivity index (χ2n) is 4.27. The number of carbonyl (C=O) groups is 1. The normalized spacial score (nSPS) is 10.2. The summed E-state index contributed by atoms with van der Waals surface area (Å²) < 4.78 is 19.1. The van der Waals surface area contributed by atoms with E-state index in [0.717, 1.165) is 0 Å². The number of amides is 1. The first-order valence-corrected chi connectivity index (χ1v) is 7.08. The van der Waals surface area contributed by atoms with Crippen LogP contribution in [0, 0.1) is 5.82 Å². The van der Waals surface area contributed by atoms with Gasteiger partial charge in [0.05, 0.1) is 17.8 Å². The summed E-state index contributed by atoms with van der Waals surface area (Å²) >= 11 is 3.21. The molecular weight excluding hydrogens is 339 g/mol. The number of nitrogens with one attached hydrogen (secondary N) is 1. The molecule has 0 saturated carbocycles. The molecule has 0 atom stereocenters. The predicted octanol–water partition coefficient (Wildman–Crippen LogP) is 2.98. The van der Waals surface area contributed by atoms with E-state index in [1.807, 2.05) is 12.1 Å². The molecule has 21 heavy (non-hydrogen) atoms. The zero-order valence-corrected chi connectivity index (χ0v) is 12.7. The zero-order valence-electron chi connectivity index (χ0n) is 11.1. The fraction of sp³-hybridized carbons (Fsp3) is 0.133. The molecule has 0 radical (unpaired) electrons. The van der Waals surface area contributed by atoms with E-state index in [2.05, 4.69) is 21.2 Å². The van der Waals surface area contributed by atoms with Crippen LogP contribution in [0.15, 0.2) is 46.9 Å². The van der Waals surface area contributed by atoms with E-state index in [4.69, 9.17) is 10.5 Å². The second-order valence-corrected chi connectivity index (χ2v) is 5.12. The van der Waals surface area contributed by atoms with Crippen LogP contribution in [0.2, 0.25) is 0 Å². The molecule has 1 amide bonds. The van der Waals surface area contributed by atoms with E-state index in [1.165, 1.54) is 18.2 Å². The number of halogens is 2. The number of rotatable bonds is 5. The van der Waals surface area contributed by atoms with Gasteiger partial charge in [0.1, 0.15) is 18.2 Å². The van der Waals surface area contributed by atoms with Gasteiger partial charge in [0.15, 0.2) is 0 Å². The minimum atomic E-state index is -0.461. The molecule has 0 aliphatic rings. The van der Waals surface area contributed by atoms with Crippen LogP contribution in [0.25, 0.3) is 0 Å². The van der Waals surface area contributed by atoms with Crippen molar-refractivity contribution in [2.75, 3.05) is 18.9 Å². The van der Waals surface area contributed by atoms with Gasteiger partial charge in [0.25, 0.3) is 5.91 Å². The lowest BCUT2D eigenvalue weighted by molar-refractivity contribution is 0.0946. The molecule has 4 nitrogen and oxygen atoms in total. The molecule has 0 bridgehead atoms. The largest absolute Gasteiger partial charge is 0.490 e. The lowest BCUT2D eigenvalue weighted by Gasteiger charge is -2.10. The highest BCUT2D eigenvalue weighted by Gasteiger charge is 2.10. The molecule has 0 heterocycles. The van der Waals surface area contributed by atoms with Crippen LogP contribution in [-0.4, -0.2) is 19.1 Å². The monoisotopic (exact) mass is 352 g/mol. The second kappa shape index (κ2) is 7.08. The van der Waals surface area contributed by atoms with Gasteiger partial charge >= 0.3 is 0 Å². The number of hydrogen-bond acceptors (Lipinski definition) is 3. The van der Waals surface area contributed by atoms with Crippen molar-refractivity contribution in [2.24, 2.45) is 0 Å². The summed E-state index contributed by atoms with van der Waals surface area (Å²) in [7, 11) is 0. The van der Waals surface area contributed by atoms with Crippen LogP contribution in [0.4, 0.5) is 10.1 Å². The van der Waals surface area contributed by atoms with Crippen molar-refractivity contribution in [1.82, 2.24) is 5.32 Å².